The minimum absolute atomic E-state index is 0.0878. The molecule has 0 unspecified atom stereocenters. The van der Waals surface area contributed by atoms with E-state index in [1.807, 2.05) is 30.3 Å². The van der Waals surface area contributed by atoms with Crippen LogP contribution in [0.1, 0.15) is 0 Å². The maximum absolute atomic E-state index is 11.1. The van der Waals surface area contributed by atoms with Crippen molar-refractivity contribution in [2.75, 3.05) is 7.11 Å². The summed E-state index contributed by atoms with van der Waals surface area (Å²) in [6.07, 6.45) is 3.12. The second-order valence-electron chi connectivity index (χ2n) is 4.22. The lowest BCUT2D eigenvalue weighted by atomic mass is 10.2. The molecule has 3 rings (SSSR count). The van der Waals surface area contributed by atoms with Crippen LogP contribution in [0.15, 0.2) is 48.8 Å². The van der Waals surface area contributed by atoms with Gasteiger partial charge in [0.2, 0.25) is 5.75 Å². The number of fused-ring (bicyclic) bond motifs is 1. The summed E-state index contributed by atoms with van der Waals surface area (Å²) in [6.45, 7) is 0. The third-order valence-corrected chi connectivity index (χ3v) is 3.08. The number of hydrogen-bond donors (Lipinski definition) is 0. The second kappa shape index (κ2) is 4.65. The Balaban J connectivity index is 2.27. The average molecular weight is 269 g/mol. The molecule has 100 valence electrons. The molecule has 0 aliphatic carbocycles. The predicted octanol–water partition coefficient (Wildman–Crippen LogP) is 2.92. The Kier molecular flexibility index (Phi) is 2.83. The van der Waals surface area contributed by atoms with Crippen molar-refractivity contribution in [3.8, 4) is 17.0 Å². The quantitative estimate of drug-likeness (QED) is 0.541. The molecule has 0 N–H and O–H groups in total. The number of ether oxygens (including phenoxy) is 1. The van der Waals surface area contributed by atoms with Crippen molar-refractivity contribution in [2.45, 2.75) is 0 Å². The van der Waals surface area contributed by atoms with E-state index in [2.05, 4.69) is 4.98 Å². The SMILES string of the molecule is COc1cc2ncc(-c3ccccc3)n2cc1[N+](=O)[O-]. The summed E-state index contributed by atoms with van der Waals surface area (Å²) in [5, 5.41) is 11.1. The smallest absolute Gasteiger partial charge is 0.327 e. The monoisotopic (exact) mass is 269 g/mol. The van der Waals surface area contributed by atoms with E-state index < -0.39 is 4.92 Å². The molecule has 0 bridgehead atoms. The van der Waals surface area contributed by atoms with Crippen molar-refractivity contribution in [2.24, 2.45) is 0 Å². The van der Waals surface area contributed by atoms with Gasteiger partial charge in [-0.2, -0.15) is 0 Å². The van der Waals surface area contributed by atoms with Crippen molar-refractivity contribution in [3.63, 3.8) is 0 Å². The van der Waals surface area contributed by atoms with E-state index in [1.54, 1.807) is 16.7 Å². The molecule has 0 saturated carbocycles. The van der Waals surface area contributed by atoms with Crippen LogP contribution in [-0.2, 0) is 0 Å². The minimum atomic E-state index is -0.465. The fourth-order valence-corrected chi connectivity index (χ4v) is 2.12. The van der Waals surface area contributed by atoms with E-state index in [0.29, 0.717) is 5.65 Å². The van der Waals surface area contributed by atoms with E-state index in [4.69, 9.17) is 4.74 Å². The highest BCUT2D eigenvalue weighted by atomic mass is 16.6. The van der Waals surface area contributed by atoms with Gasteiger partial charge in [0.1, 0.15) is 5.65 Å². The predicted molar refractivity (Wildman–Crippen MR) is 73.8 cm³/mol. The lowest BCUT2D eigenvalue weighted by Gasteiger charge is -2.05. The van der Waals surface area contributed by atoms with Crippen molar-refractivity contribution >= 4 is 11.3 Å². The summed E-state index contributed by atoms with van der Waals surface area (Å²) < 4.78 is 6.73. The van der Waals surface area contributed by atoms with Crippen LogP contribution < -0.4 is 4.74 Å². The number of methoxy groups -OCH3 is 1. The van der Waals surface area contributed by atoms with Gasteiger partial charge in [-0.15, -0.1) is 0 Å². The van der Waals surface area contributed by atoms with Crippen molar-refractivity contribution < 1.29 is 9.66 Å². The number of aromatic nitrogens is 2. The number of rotatable bonds is 3. The van der Waals surface area contributed by atoms with Crippen LogP contribution in [0.4, 0.5) is 5.69 Å². The first-order valence-corrected chi connectivity index (χ1v) is 5.95. The van der Waals surface area contributed by atoms with Crippen LogP contribution >= 0.6 is 0 Å². The molecular weight excluding hydrogens is 258 g/mol. The lowest BCUT2D eigenvalue weighted by molar-refractivity contribution is -0.386. The van der Waals surface area contributed by atoms with Gasteiger partial charge in [0.25, 0.3) is 0 Å². The Morgan fingerprint density at radius 1 is 1.30 bits per heavy atom. The molecule has 20 heavy (non-hydrogen) atoms. The number of hydrogen-bond acceptors (Lipinski definition) is 4. The first kappa shape index (κ1) is 12.2. The third kappa shape index (κ3) is 1.87. The molecule has 6 heteroatoms. The van der Waals surface area contributed by atoms with Crippen LogP contribution in [-0.4, -0.2) is 21.4 Å². The van der Waals surface area contributed by atoms with Gasteiger partial charge in [0.15, 0.2) is 0 Å². The van der Waals surface area contributed by atoms with E-state index in [9.17, 15) is 10.1 Å². The molecule has 2 heterocycles. The third-order valence-electron chi connectivity index (χ3n) is 3.08. The average Bonchev–Trinajstić information content (AvgIpc) is 2.89. The van der Waals surface area contributed by atoms with Crippen LogP contribution in [0.25, 0.3) is 16.9 Å². The zero-order valence-electron chi connectivity index (χ0n) is 10.7. The van der Waals surface area contributed by atoms with Gasteiger partial charge in [-0.25, -0.2) is 4.98 Å². The molecule has 0 saturated heterocycles. The molecular formula is C14H11N3O3. The van der Waals surface area contributed by atoms with E-state index in [1.165, 1.54) is 13.3 Å². The molecule has 0 amide bonds. The van der Waals surface area contributed by atoms with Gasteiger partial charge in [0.05, 0.1) is 30.1 Å². The second-order valence-corrected chi connectivity index (χ2v) is 4.22. The molecule has 0 radical (unpaired) electrons. The Morgan fingerprint density at radius 2 is 2.05 bits per heavy atom. The molecule has 2 aromatic heterocycles. The number of nitrogens with zero attached hydrogens (tertiary/aromatic N) is 3. The first-order valence-electron chi connectivity index (χ1n) is 5.95. The summed E-state index contributed by atoms with van der Waals surface area (Å²) in [7, 11) is 1.40. The molecule has 0 aliphatic rings. The molecule has 0 atom stereocenters. The molecule has 0 spiro atoms. The summed E-state index contributed by atoms with van der Waals surface area (Å²) in [5.74, 6) is 0.202. The Hall–Kier alpha value is -2.89. The number of benzene rings is 1. The molecule has 3 aromatic rings. The topological polar surface area (TPSA) is 69.7 Å². The highest BCUT2D eigenvalue weighted by Gasteiger charge is 2.18. The van der Waals surface area contributed by atoms with Crippen LogP contribution in [0, 0.1) is 10.1 Å². The number of nitro groups is 1. The van der Waals surface area contributed by atoms with Crippen molar-refractivity contribution in [1.82, 2.24) is 9.38 Å². The fourth-order valence-electron chi connectivity index (χ4n) is 2.12. The molecule has 0 aliphatic heterocycles. The highest BCUT2D eigenvalue weighted by molar-refractivity contribution is 5.66. The lowest BCUT2D eigenvalue weighted by Crippen LogP contribution is -1.97. The Labute approximate surface area is 114 Å². The van der Waals surface area contributed by atoms with Gasteiger partial charge >= 0.3 is 5.69 Å². The summed E-state index contributed by atoms with van der Waals surface area (Å²) in [6, 6.07) is 11.2. The van der Waals surface area contributed by atoms with Crippen molar-refractivity contribution in [1.29, 1.82) is 0 Å². The number of pyridine rings is 1. The summed E-state index contributed by atoms with van der Waals surface area (Å²) >= 11 is 0. The largest absolute Gasteiger partial charge is 0.490 e. The van der Waals surface area contributed by atoms with Crippen LogP contribution in [0.3, 0.4) is 0 Å². The minimum Gasteiger partial charge on any atom is -0.490 e. The van der Waals surface area contributed by atoms with E-state index in [0.717, 1.165) is 11.3 Å². The fraction of sp³-hybridized carbons (Fsp3) is 0.0714. The first-order chi connectivity index (χ1) is 9.70. The van der Waals surface area contributed by atoms with Crippen LogP contribution in [0.5, 0.6) is 5.75 Å². The van der Waals surface area contributed by atoms with Gasteiger partial charge in [-0.05, 0) is 0 Å². The van der Waals surface area contributed by atoms with Gasteiger partial charge < -0.3 is 4.74 Å². The standard InChI is InChI=1S/C14H11N3O3/c1-20-13-7-14-15-8-11(10-5-3-2-4-6-10)16(14)9-12(13)17(18)19/h2-9H,1H3. The Bertz CT molecular complexity index is 781. The Morgan fingerprint density at radius 3 is 2.70 bits per heavy atom. The van der Waals surface area contributed by atoms with E-state index in [-0.39, 0.29) is 11.4 Å². The van der Waals surface area contributed by atoms with E-state index >= 15 is 0 Å². The normalized spacial score (nSPS) is 10.7. The van der Waals surface area contributed by atoms with Gasteiger partial charge in [-0.1, -0.05) is 30.3 Å². The summed E-state index contributed by atoms with van der Waals surface area (Å²) in [5.41, 5.74) is 2.26. The molecule has 1 aromatic carbocycles. The van der Waals surface area contributed by atoms with Gasteiger partial charge in [-0.3, -0.25) is 14.5 Å². The molecule has 6 nitrogen and oxygen atoms in total. The zero-order valence-corrected chi connectivity index (χ0v) is 10.7. The number of imidazole rings is 1. The molecule has 0 fully saturated rings. The summed E-state index contributed by atoms with van der Waals surface area (Å²) in [4.78, 5) is 14.9. The van der Waals surface area contributed by atoms with Gasteiger partial charge in [0, 0.05) is 11.6 Å². The van der Waals surface area contributed by atoms with Crippen LogP contribution in [0.2, 0.25) is 0 Å². The maximum Gasteiger partial charge on any atom is 0.327 e. The zero-order chi connectivity index (χ0) is 14.1. The highest BCUT2D eigenvalue weighted by Crippen LogP contribution is 2.30. The van der Waals surface area contributed by atoms with Crippen molar-refractivity contribution in [3.05, 3.63) is 58.9 Å². The maximum atomic E-state index is 11.1.